The second-order valence-corrected chi connectivity index (χ2v) is 5.00. The van der Waals surface area contributed by atoms with Gasteiger partial charge in [0.25, 0.3) is 5.91 Å². The van der Waals surface area contributed by atoms with Crippen LogP contribution in [0.5, 0.6) is 5.75 Å². The Kier molecular flexibility index (Phi) is 3.32. The number of hydrogen-bond acceptors (Lipinski definition) is 2. The third-order valence-corrected chi connectivity index (χ3v) is 3.34. The molecule has 2 aromatic rings. The van der Waals surface area contributed by atoms with Crippen molar-refractivity contribution in [1.29, 1.82) is 0 Å². The minimum atomic E-state index is -0.589. The number of carbonyl (C=O) groups excluding carboxylic acids is 1. The van der Waals surface area contributed by atoms with Crippen LogP contribution in [0.25, 0.3) is 0 Å². The van der Waals surface area contributed by atoms with Crippen LogP contribution in [0.3, 0.4) is 0 Å². The summed E-state index contributed by atoms with van der Waals surface area (Å²) in [5.41, 5.74) is 1.45. The lowest BCUT2D eigenvalue weighted by molar-refractivity contribution is -0.122. The Morgan fingerprint density at radius 3 is 2.75 bits per heavy atom. The quantitative estimate of drug-likeness (QED) is 0.921. The van der Waals surface area contributed by atoms with Gasteiger partial charge in [0.1, 0.15) is 11.6 Å². The summed E-state index contributed by atoms with van der Waals surface area (Å²) in [6, 6.07) is 10.9. The first-order valence-electron chi connectivity index (χ1n) is 6.13. The number of anilines is 1. The zero-order valence-corrected chi connectivity index (χ0v) is 11.2. The maximum absolute atomic E-state index is 12.8. The highest BCUT2D eigenvalue weighted by Crippen LogP contribution is 2.31. The molecule has 1 aliphatic heterocycles. The van der Waals surface area contributed by atoms with Crippen molar-refractivity contribution in [3.8, 4) is 5.75 Å². The Bertz CT molecular complexity index is 657. The number of amides is 1. The van der Waals surface area contributed by atoms with E-state index in [4.69, 9.17) is 16.3 Å². The summed E-state index contributed by atoms with van der Waals surface area (Å²) in [5.74, 6) is 0.0692. The van der Waals surface area contributed by atoms with Crippen LogP contribution in [0, 0.1) is 5.82 Å². The van der Waals surface area contributed by atoms with E-state index in [0.29, 0.717) is 22.9 Å². The van der Waals surface area contributed by atoms with Crippen molar-refractivity contribution in [3.05, 3.63) is 58.9 Å². The highest BCUT2D eigenvalue weighted by Gasteiger charge is 2.29. The molecule has 1 aliphatic rings. The molecule has 1 heterocycles. The van der Waals surface area contributed by atoms with Gasteiger partial charge in [-0.3, -0.25) is 4.79 Å². The van der Waals surface area contributed by atoms with Gasteiger partial charge in [0.2, 0.25) is 0 Å². The van der Waals surface area contributed by atoms with Gasteiger partial charge in [-0.25, -0.2) is 4.39 Å². The fraction of sp³-hybridized carbons (Fsp3) is 0.133. The van der Waals surface area contributed by atoms with Crippen molar-refractivity contribution in [2.75, 3.05) is 5.32 Å². The lowest BCUT2D eigenvalue weighted by Crippen LogP contribution is -2.31. The van der Waals surface area contributed by atoms with Gasteiger partial charge in [0, 0.05) is 17.1 Å². The summed E-state index contributed by atoms with van der Waals surface area (Å²) in [6.45, 7) is 0. The molecular weight excluding hydrogens is 281 g/mol. The van der Waals surface area contributed by atoms with Crippen molar-refractivity contribution in [2.45, 2.75) is 12.5 Å². The molecule has 0 bridgehead atoms. The van der Waals surface area contributed by atoms with Crippen LogP contribution < -0.4 is 10.1 Å². The van der Waals surface area contributed by atoms with E-state index >= 15 is 0 Å². The summed E-state index contributed by atoms with van der Waals surface area (Å²) in [5, 5.41) is 3.31. The molecule has 1 atom stereocenters. The number of ether oxygens (including phenoxy) is 1. The molecule has 0 saturated carbocycles. The second kappa shape index (κ2) is 5.13. The lowest BCUT2D eigenvalue weighted by atomic mass is 10.1. The predicted octanol–water partition coefficient (Wildman–Crippen LogP) is 3.42. The smallest absolute Gasteiger partial charge is 0.265 e. The first-order chi connectivity index (χ1) is 9.61. The molecule has 1 N–H and O–H groups in total. The van der Waals surface area contributed by atoms with Crippen LogP contribution in [-0.2, 0) is 11.2 Å². The van der Waals surface area contributed by atoms with Gasteiger partial charge in [-0.2, -0.15) is 0 Å². The molecule has 3 rings (SSSR count). The molecule has 20 heavy (non-hydrogen) atoms. The number of rotatable bonds is 2. The van der Waals surface area contributed by atoms with Crippen LogP contribution in [0.1, 0.15) is 5.56 Å². The van der Waals surface area contributed by atoms with Crippen LogP contribution in [-0.4, -0.2) is 12.0 Å². The summed E-state index contributed by atoms with van der Waals surface area (Å²) < 4.78 is 18.4. The predicted molar refractivity (Wildman–Crippen MR) is 74.6 cm³/mol. The maximum Gasteiger partial charge on any atom is 0.265 e. The van der Waals surface area contributed by atoms with E-state index in [2.05, 4.69) is 5.32 Å². The molecular formula is C15H11ClFNO2. The van der Waals surface area contributed by atoms with Gasteiger partial charge in [-0.15, -0.1) is 0 Å². The number of nitrogens with one attached hydrogen (secondary N) is 1. The van der Waals surface area contributed by atoms with Crippen LogP contribution in [0.4, 0.5) is 10.1 Å². The van der Waals surface area contributed by atoms with Gasteiger partial charge in [0.15, 0.2) is 6.10 Å². The third-order valence-electron chi connectivity index (χ3n) is 3.10. The normalized spacial score (nSPS) is 16.4. The molecule has 3 nitrogen and oxygen atoms in total. The summed E-state index contributed by atoms with van der Waals surface area (Å²) >= 11 is 5.90. The highest BCUT2D eigenvalue weighted by atomic mass is 35.5. The molecule has 1 unspecified atom stereocenters. The van der Waals surface area contributed by atoms with Gasteiger partial charge < -0.3 is 10.1 Å². The molecule has 1 amide bonds. The van der Waals surface area contributed by atoms with Gasteiger partial charge in [-0.05, 0) is 48.0 Å². The number of fused-ring (bicyclic) bond motifs is 1. The molecule has 102 valence electrons. The molecule has 0 aliphatic carbocycles. The maximum atomic E-state index is 12.8. The van der Waals surface area contributed by atoms with E-state index in [-0.39, 0.29) is 11.7 Å². The van der Waals surface area contributed by atoms with E-state index in [9.17, 15) is 9.18 Å². The topological polar surface area (TPSA) is 38.3 Å². The van der Waals surface area contributed by atoms with E-state index in [1.54, 1.807) is 18.2 Å². The Labute approximate surface area is 120 Å². The van der Waals surface area contributed by atoms with Crippen molar-refractivity contribution < 1.29 is 13.9 Å². The SMILES string of the molecule is O=C(Nc1ccc(F)cc1)C1Cc2cc(Cl)ccc2O1. The standard InChI is InChI=1S/C15H11ClFNO2/c16-10-1-6-13-9(7-10)8-14(20-13)15(19)18-12-4-2-11(17)3-5-12/h1-7,14H,8H2,(H,18,19). The third kappa shape index (κ3) is 2.60. The van der Waals surface area contributed by atoms with Gasteiger partial charge >= 0.3 is 0 Å². The van der Waals surface area contributed by atoms with Crippen molar-refractivity contribution >= 4 is 23.2 Å². The first kappa shape index (κ1) is 12.9. The second-order valence-electron chi connectivity index (χ2n) is 4.56. The van der Waals surface area contributed by atoms with Crippen LogP contribution >= 0.6 is 11.6 Å². The summed E-state index contributed by atoms with van der Waals surface area (Å²) in [6.07, 6.45) is -0.114. The molecule has 2 aromatic carbocycles. The molecule has 0 aromatic heterocycles. The molecule has 0 saturated heterocycles. The average molecular weight is 292 g/mol. The number of halogens is 2. The van der Waals surface area contributed by atoms with Crippen molar-refractivity contribution in [1.82, 2.24) is 0 Å². The van der Waals surface area contributed by atoms with E-state index in [1.807, 2.05) is 0 Å². The number of benzene rings is 2. The highest BCUT2D eigenvalue weighted by molar-refractivity contribution is 6.30. The molecule has 0 radical (unpaired) electrons. The zero-order chi connectivity index (χ0) is 14.1. The Morgan fingerprint density at radius 2 is 2.00 bits per heavy atom. The van der Waals surface area contributed by atoms with Crippen molar-refractivity contribution in [3.63, 3.8) is 0 Å². The Morgan fingerprint density at radius 1 is 1.25 bits per heavy atom. The number of hydrogen-bond donors (Lipinski definition) is 1. The Hall–Kier alpha value is -2.07. The average Bonchev–Trinajstić information content (AvgIpc) is 2.84. The fourth-order valence-electron chi connectivity index (χ4n) is 2.12. The summed E-state index contributed by atoms with van der Waals surface area (Å²) in [4.78, 5) is 12.1. The number of carbonyl (C=O) groups is 1. The van der Waals surface area contributed by atoms with Crippen LogP contribution in [0.15, 0.2) is 42.5 Å². The minimum absolute atomic E-state index is 0.260. The molecule has 0 fully saturated rings. The first-order valence-corrected chi connectivity index (χ1v) is 6.51. The molecule has 0 spiro atoms. The van der Waals surface area contributed by atoms with E-state index < -0.39 is 6.10 Å². The monoisotopic (exact) mass is 291 g/mol. The van der Waals surface area contributed by atoms with Crippen molar-refractivity contribution in [2.24, 2.45) is 0 Å². The van der Waals surface area contributed by atoms with E-state index in [0.717, 1.165) is 5.56 Å². The Balaban J connectivity index is 1.69. The van der Waals surface area contributed by atoms with Gasteiger partial charge in [0.05, 0.1) is 0 Å². The van der Waals surface area contributed by atoms with Crippen LogP contribution in [0.2, 0.25) is 5.02 Å². The minimum Gasteiger partial charge on any atom is -0.480 e. The summed E-state index contributed by atoms with van der Waals surface area (Å²) in [7, 11) is 0. The zero-order valence-electron chi connectivity index (χ0n) is 10.4. The molecule has 5 heteroatoms. The fourth-order valence-corrected chi connectivity index (χ4v) is 2.31. The van der Waals surface area contributed by atoms with E-state index in [1.165, 1.54) is 24.3 Å². The lowest BCUT2D eigenvalue weighted by Gasteiger charge is -2.11. The largest absolute Gasteiger partial charge is 0.480 e. The van der Waals surface area contributed by atoms with Gasteiger partial charge in [-0.1, -0.05) is 11.6 Å².